The SMILES string of the molecule is CCCN(CCC)C(=O)c1cc(C(=O)NC(Cc2ccccc2)C(O)CN(C)NS(=O)(=O)c2ccccc2)cc(C(=O)N(C)C)c1. The molecule has 3 rings (SSSR count). The Morgan fingerprint density at radius 2 is 1.30 bits per heavy atom. The summed E-state index contributed by atoms with van der Waals surface area (Å²) in [4.78, 5) is 45.9. The van der Waals surface area contributed by atoms with Crippen LogP contribution in [-0.2, 0) is 16.4 Å². The van der Waals surface area contributed by atoms with Crippen LogP contribution in [0.4, 0.5) is 0 Å². The van der Waals surface area contributed by atoms with E-state index in [2.05, 4.69) is 10.1 Å². The van der Waals surface area contributed by atoms with Crippen molar-refractivity contribution >= 4 is 27.7 Å². The molecule has 46 heavy (non-hydrogen) atoms. The number of rotatable bonds is 16. The van der Waals surface area contributed by atoms with Gasteiger partial charge in [0.1, 0.15) is 0 Å². The lowest BCUT2D eigenvalue weighted by atomic mass is 9.99. The Kier molecular flexibility index (Phi) is 13.4. The Morgan fingerprint density at radius 1 is 0.783 bits per heavy atom. The summed E-state index contributed by atoms with van der Waals surface area (Å²) in [6, 6.07) is 20.7. The number of likely N-dealkylation sites (N-methyl/N-ethyl adjacent to an activating group) is 1. The maximum absolute atomic E-state index is 13.8. The molecule has 2 unspecified atom stereocenters. The van der Waals surface area contributed by atoms with Gasteiger partial charge in [0, 0.05) is 57.5 Å². The zero-order chi connectivity index (χ0) is 33.9. The van der Waals surface area contributed by atoms with Crippen LogP contribution in [-0.4, -0.2) is 99.0 Å². The van der Waals surface area contributed by atoms with Gasteiger partial charge < -0.3 is 20.2 Å². The van der Waals surface area contributed by atoms with Crippen LogP contribution in [0, 0.1) is 0 Å². The summed E-state index contributed by atoms with van der Waals surface area (Å²) in [6.07, 6.45) is 0.523. The molecular weight excluding hydrogens is 606 g/mol. The van der Waals surface area contributed by atoms with Crippen molar-refractivity contribution in [1.82, 2.24) is 25.0 Å². The highest BCUT2D eigenvalue weighted by atomic mass is 32.2. The molecule has 3 aromatic carbocycles. The van der Waals surface area contributed by atoms with Gasteiger partial charge in [0.15, 0.2) is 0 Å². The lowest BCUT2D eigenvalue weighted by Gasteiger charge is -2.28. The van der Waals surface area contributed by atoms with E-state index in [1.165, 1.54) is 47.3 Å². The van der Waals surface area contributed by atoms with Gasteiger partial charge >= 0.3 is 0 Å². The van der Waals surface area contributed by atoms with E-state index in [9.17, 15) is 27.9 Å². The second-order valence-electron chi connectivity index (χ2n) is 11.4. The van der Waals surface area contributed by atoms with E-state index >= 15 is 0 Å². The number of hydrogen-bond acceptors (Lipinski definition) is 7. The third-order valence-corrected chi connectivity index (χ3v) is 8.68. The van der Waals surface area contributed by atoms with Gasteiger partial charge in [-0.15, -0.1) is 4.83 Å². The average molecular weight is 652 g/mol. The van der Waals surface area contributed by atoms with Crippen molar-refractivity contribution in [2.75, 3.05) is 40.8 Å². The minimum absolute atomic E-state index is 0.0689. The van der Waals surface area contributed by atoms with Crippen LogP contribution in [0.1, 0.15) is 63.3 Å². The number of hydrogen-bond donors (Lipinski definition) is 3. The molecular formula is C34H45N5O6S. The molecule has 3 N–H and O–H groups in total. The predicted molar refractivity (Wildman–Crippen MR) is 178 cm³/mol. The third kappa shape index (κ3) is 10.2. The smallest absolute Gasteiger partial charge is 0.253 e. The summed E-state index contributed by atoms with van der Waals surface area (Å²) in [6.45, 7) is 4.86. The van der Waals surface area contributed by atoms with Crippen LogP contribution >= 0.6 is 0 Å². The fraction of sp³-hybridized carbons (Fsp3) is 0.382. The number of carbonyl (C=O) groups excluding carboxylic acids is 3. The summed E-state index contributed by atoms with van der Waals surface area (Å²) < 4.78 is 25.7. The third-order valence-electron chi connectivity index (χ3n) is 7.24. The topological polar surface area (TPSA) is 139 Å². The number of nitrogens with one attached hydrogen (secondary N) is 2. The Balaban J connectivity index is 1.91. The number of amides is 3. The van der Waals surface area contributed by atoms with Gasteiger partial charge in [0.2, 0.25) is 0 Å². The highest BCUT2D eigenvalue weighted by molar-refractivity contribution is 7.89. The molecule has 0 saturated carbocycles. The summed E-state index contributed by atoms with van der Waals surface area (Å²) in [5.41, 5.74) is 1.33. The van der Waals surface area contributed by atoms with Crippen LogP contribution in [0.2, 0.25) is 0 Å². The molecule has 0 heterocycles. The molecule has 3 amide bonds. The number of benzene rings is 3. The average Bonchev–Trinajstić information content (AvgIpc) is 3.03. The summed E-state index contributed by atoms with van der Waals surface area (Å²) in [5, 5.41) is 15.5. The van der Waals surface area contributed by atoms with Gasteiger partial charge in [-0.05, 0) is 55.2 Å². The first-order valence-corrected chi connectivity index (χ1v) is 16.8. The first kappa shape index (κ1) is 36.4. The molecule has 248 valence electrons. The van der Waals surface area contributed by atoms with Crippen LogP contribution in [0.25, 0.3) is 0 Å². The lowest BCUT2D eigenvalue weighted by Crippen LogP contribution is -2.52. The van der Waals surface area contributed by atoms with E-state index in [4.69, 9.17) is 0 Å². The fourth-order valence-corrected chi connectivity index (χ4v) is 6.11. The van der Waals surface area contributed by atoms with Crippen LogP contribution in [0.5, 0.6) is 0 Å². The van der Waals surface area contributed by atoms with E-state index in [1.54, 1.807) is 37.2 Å². The molecule has 0 aliphatic rings. The van der Waals surface area contributed by atoms with Gasteiger partial charge in [-0.25, -0.2) is 13.4 Å². The first-order valence-electron chi connectivity index (χ1n) is 15.3. The Bertz CT molecular complexity index is 1560. The van der Waals surface area contributed by atoms with Gasteiger partial charge in [-0.2, -0.15) is 0 Å². The minimum Gasteiger partial charge on any atom is -0.390 e. The molecule has 11 nitrogen and oxygen atoms in total. The van der Waals surface area contributed by atoms with Crippen molar-refractivity contribution in [1.29, 1.82) is 0 Å². The van der Waals surface area contributed by atoms with E-state index in [-0.39, 0.29) is 46.4 Å². The normalized spacial score (nSPS) is 12.8. The van der Waals surface area contributed by atoms with Crippen molar-refractivity contribution in [3.8, 4) is 0 Å². The zero-order valence-corrected chi connectivity index (χ0v) is 28.0. The molecule has 3 aromatic rings. The molecule has 0 radical (unpaired) electrons. The maximum atomic E-state index is 13.8. The van der Waals surface area contributed by atoms with Crippen molar-refractivity contribution in [2.24, 2.45) is 0 Å². The molecule has 12 heteroatoms. The first-order chi connectivity index (χ1) is 21.9. The molecule has 0 aliphatic heterocycles. The van der Waals surface area contributed by atoms with Crippen LogP contribution in [0.15, 0.2) is 83.8 Å². The van der Waals surface area contributed by atoms with Crippen molar-refractivity contribution < 1.29 is 27.9 Å². The van der Waals surface area contributed by atoms with Gasteiger partial charge in [-0.1, -0.05) is 62.4 Å². The standard InChI is InChI=1S/C34H45N5O6S/c1-6-18-39(19-7-2)34(43)28-22-26(21-27(23-28)33(42)37(3)4)32(41)35-30(20-25-14-10-8-11-15-25)31(40)24-38(5)36-46(44,45)29-16-12-9-13-17-29/h8-17,21-23,30-31,36,40H,6-7,18-20,24H2,1-5H3,(H,35,41). The van der Waals surface area contributed by atoms with Crippen LogP contribution in [0.3, 0.4) is 0 Å². The number of aliphatic hydroxyl groups excluding tert-OH is 1. The Morgan fingerprint density at radius 3 is 1.85 bits per heavy atom. The molecule has 0 fully saturated rings. The number of hydrazine groups is 1. The second-order valence-corrected chi connectivity index (χ2v) is 13.1. The van der Waals surface area contributed by atoms with Gasteiger partial charge in [-0.3, -0.25) is 14.4 Å². The Labute approximate surface area is 272 Å². The maximum Gasteiger partial charge on any atom is 0.253 e. The van der Waals surface area contributed by atoms with Crippen molar-refractivity contribution in [3.63, 3.8) is 0 Å². The predicted octanol–water partition coefficient (Wildman–Crippen LogP) is 3.18. The highest BCUT2D eigenvalue weighted by Crippen LogP contribution is 2.17. The summed E-state index contributed by atoms with van der Waals surface area (Å²) in [7, 11) is 0.763. The number of sulfonamides is 1. The fourth-order valence-electron chi connectivity index (χ4n) is 5.01. The zero-order valence-electron chi connectivity index (χ0n) is 27.1. The lowest BCUT2D eigenvalue weighted by molar-refractivity contribution is 0.0687. The molecule has 0 spiro atoms. The monoisotopic (exact) mass is 651 g/mol. The van der Waals surface area contributed by atoms with E-state index in [0.717, 1.165) is 18.4 Å². The summed E-state index contributed by atoms with van der Waals surface area (Å²) in [5.74, 6) is -1.23. The van der Waals surface area contributed by atoms with Crippen LogP contribution < -0.4 is 10.1 Å². The number of nitrogens with zero attached hydrogens (tertiary/aromatic N) is 3. The van der Waals surface area contributed by atoms with Crippen molar-refractivity contribution in [2.45, 2.75) is 50.2 Å². The molecule has 0 saturated heterocycles. The molecule has 0 aromatic heterocycles. The Hall–Kier alpha value is -4.10. The van der Waals surface area contributed by atoms with Gasteiger partial charge in [0.25, 0.3) is 27.7 Å². The van der Waals surface area contributed by atoms with E-state index < -0.39 is 28.1 Å². The molecule has 0 bridgehead atoms. The van der Waals surface area contributed by atoms with Crippen molar-refractivity contribution in [3.05, 3.63) is 101 Å². The second kappa shape index (κ2) is 17.0. The number of carbonyl (C=O) groups is 3. The highest BCUT2D eigenvalue weighted by Gasteiger charge is 2.27. The number of aliphatic hydroxyl groups is 1. The molecule has 2 atom stereocenters. The molecule has 0 aliphatic carbocycles. The van der Waals surface area contributed by atoms with E-state index in [1.807, 2.05) is 44.2 Å². The van der Waals surface area contributed by atoms with E-state index in [0.29, 0.717) is 13.1 Å². The summed E-state index contributed by atoms with van der Waals surface area (Å²) >= 11 is 0. The largest absolute Gasteiger partial charge is 0.390 e. The van der Waals surface area contributed by atoms with Gasteiger partial charge in [0.05, 0.1) is 17.0 Å². The quantitative estimate of drug-likeness (QED) is 0.202. The minimum atomic E-state index is -3.90.